The van der Waals surface area contributed by atoms with Gasteiger partial charge in [0.2, 0.25) is 0 Å². The number of nitrogen functional groups attached to an aromatic ring is 1. The number of rotatable bonds is 6. The van der Waals surface area contributed by atoms with Crippen LogP contribution in [-0.2, 0) is 19.5 Å². The highest BCUT2D eigenvalue weighted by molar-refractivity contribution is 6.06. The zero-order valence-corrected chi connectivity index (χ0v) is 17.7. The fraction of sp³-hybridized carbons (Fsp3) is 0.333. The Morgan fingerprint density at radius 3 is 2.31 bits per heavy atom. The molecule has 0 amide bonds. The first kappa shape index (κ1) is 20.8. The topological polar surface area (TPSA) is 82.8 Å². The van der Waals surface area contributed by atoms with E-state index >= 15 is 0 Å². The van der Waals surface area contributed by atoms with E-state index in [-0.39, 0.29) is 0 Å². The van der Waals surface area contributed by atoms with Crippen molar-refractivity contribution in [1.29, 1.82) is 0 Å². The summed E-state index contributed by atoms with van der Waals surface area (Å²) >= 11 is 0. The van der Waals surface area contributed by atoms with Gasteiger partial charge >= 0.3 is 0 Å². The molecule has 5 nitrogen and oxygen atoms in total. The molecule has 0 saturated carbocycles. The molecule has 0 bridgehead atoms. The summed E-state index contributed by atoms with van der Waals surface area (Å²) in [4.78, 5) is 9.44. The van der Waals surface area contributed by atoms with Gasteiger partial charge in [-0.25, -0.2) is 9.97 Å². The van der Waals surface area contributed by atoms with Gasteiger partial charge in [0.15, 0.2) is 5.82 Å². The van der Waals surface area contributed by atoms with E-state index in [0.29, 0.717) is 12.4 Å². The smallest absolute Gasteiger partial charge is 0.152 e. The first-order chi connectivity index (χ1) is 14.2. The van der Waals surface area contributed by atoms with E-state index in [1.807, 2.05) is 32.0 Å². The maximum atomic E-state index is 6.26. The van der Waals surface area contributed by atoms with Crippen molar-refractivity contribution in [1.82, 2.24) is 14.5 Å². The van der Waals surface area contributed by atoms with E-state index in [2.05, 4.69) is 46.8 Å². The van der Waals surface area contributed by atoms with E-state index in [1.54, 1.807) is 0 Å². The van der Waals surface area contributed by atoms with Crippen LogP contribution in [0.5, 0.6) is 0 Å². The van der Waals surface area contributed by atoms with Gasteiger partial charge in [-0.1, -0.05) is 69.7 Å². The number of anilines is 1. The summed E-state index contributed by atoms with van der Waals surface area (Å²) in [5.74, 6) is 1.57. The Morgan fingerprint density at radius 1 is 0.931 bits per heavy atom. The SMILES string of the molecule is CC.CCCCc1nc2c(N)nc3ccccc3c2n1Cc1ccc(CN)cc1. The van der Waals surface area contributed by atoms with Gasteiger partial charge in [-0.15, -0.1) is 0 Å². The van der Waals surface area contributed by atoms with Crippen LogP contribution in [-0.4, -0.2) is 14.5 Å². The molecule has 0 fully saturated rings. The van der Waals surface area contributed by atoms with Crippen LogP contribution in [0.1, 0.15) is 50.6 Å². The van der Waals surface area contributed by atoms with Crippen molar-refractivity contribution < 1.29 is 0 Å². The molecule has 0 atom stereocenters. The predicted molar refractivity (Wildman–Crippen MR) is 123 cm³/mol. The third kappa shape index (κ3) is 4.25. The molecule has 4 rings (SSSR count). The number of nitrogens with two attached hydrogens (primary N) is 2. The second-order valence-corrected chi connectivity index (χ2v) is 6.95. The highest BCUT2D eigenvalue weighted by atomic mass is 15.1. The molecule has 2 aromatic carbocycles. The fourth-order valence-electron chi connectivity index (χ4n) is 3.56. The quantitative estimate of drug-likeness (QED) is 0.484. The minimum atomic E-state index is 0.499. The van der Waals surface area contributed by atoms with Crippen LogP contribution in [0, 0.1) is 0 Å². The summed E-state index contributed by atoms with van der Waals surface area (Å²) in [5.41, 5.74) is 17.1. The van der Waals surface area contributed by atoms with Crippen molar-refractivity contribution >= 4 is 27.8 Å². The van der Waals surface area contributed by atoms with Crippen molar-refractivity contribution in [3.8, 4) is 0 Å². The molecule has 2 aromatic heterocycles. The van der Waals surface area contributed by atoms with E-state index in [0.717, 1.165) is 59.1 Å². The lowest BCUT2D eigenvalue weighted by Crippen LogP contribution is -2.06. The molecule has 0 spiro atoms. The number of imidazole rings is 1. The number of benzene rings is 2. The molecule has 0 aliphatic rings. The van der Waals surface area contributed by atoms with Gasteiger partial charge in [0.25, 0.3) is 0 Å². The van der Waals surface area contributed by atoms with Crippen LogP contribution in [0.15, 0.2) is 48.5 Å². The summed E-state index contributed by atoms with van der Waals surface area (Å²) in [5, 5.41) is 1.09. The summed E-state index contributed by atoms with van der Waals surface area (Å²) in [7, 11) is 0. The van der Waals surface area contributed by atoms with Crippen molar-refractivity contribution in [2.45, 2.75) is 53.1 Å². The fourth-order valence-corrected chi connectivity index (χ4v) is 3.56. The maximum absolute atomic E-state index is 6.26. The second-order valence-electron chi connectivity index (χ2n) is 6.95. The van der Waals surface area contributed by atoms with E-state index in [9.17, 15) is 0 Å². The summed E-state index contributed by atoms with van der Waals surface area (Å²) in [6.07, 6.45) is 3.16. The first-order valence-electron chi connectivity index (χ1n) is 10.5. The van der Waals surface area contributed by atoms with Gasteiger partial charge in [0.05, 0.1) is 11.0 Å². The number of pyridine rings is 1. The highest BCUT2D eigenvalue weighted by Crippen LogP contribution is 2.30. The Hall–Kier alpha value is -2.92. The van der Waals surface area contributed by atoms with Gasteiger partial charge in [-0.3, -0.25) is 0 Å². The normalized spacial score (nSPS) is 10.9. The molecule has 5 heteroatoms. The number of fused-ring (bicyclic) bond motifs is 3. The lowest BCUT2D eigenvalue weighted by Gasteiger charge is -2.11. The third-order valence-corrected chi connectivity index (χ3v) is 5.04. The number of nitrogens with zero attached hydrogens (tertiary/aromatic N) is 3. The molecule has 0 aliphatic heterocycles. The van der Waals surface area contributed by atoms with Crippen LogP contribution >= 0.6 is 0 Å². The van der Waals surface area contributed by atoms with E-state index in [4.69, 9.17) is 16.5 Å². The minimum Gasteiger partial charge on any atom is -0.382 e. The van der Waals surface area contributed by atoms with Crippen LogP contribution in [0.25, 0.3) is 21.9 Å². The van der Waals surface area contributed by atoms with Crippen LogP contribution in [0.4, 0.5) is 5.82 Å². The lowest BCUT2D eigenvalue weighted by atomic mass is 10.1. The molecule has 152 valence electrons. The Kier molecular flexibility index (Phi) is 6.83. The number of hydrogen-bond acceptors (Lipinski definition) is 4. The molecule has 4 N–H and O–H groups in total. The predicted octanol–water partition coefficient (Wildman–Crippen LogP) is 5.04. The van der Waals surface area contributed by atoms with Crippen molar-refractivity contribution in [3.05, 3.63) is 65.5 Å². The van der Waals surface area contributed by atoms with Crippen LogP contribution in [0.2, 0.25) is 0 Å². The summed E-state index contributed by atoms with van der Waals surface area (Å²) in [6.45, 7) is 7.51. The molecule has 0 radical (unpaired) electrons. The van der Waals surface area contributed by atoms with Crippen LogP contribution < -0.4 is 11.5 Å². The number of hydrogen-bond donors (Lipinski definition) is 2. The average Bonchev–Trinajstić information content (AvgIpc) is 3.13. The van der Waals surface area contributed by atoms with Crippen LogP contribution in [0.3, 0.4) is 0 Å². The zero-order valence-electron chi connectivity index (χ0n) is 17.7. The highest BCUT2D eigenvalue weighted by Gasteiger charge is 2.17. The molecule has 29 heavy (non-hydrogen) atoms. The van der Waals surface area contributed by atoms with Gasteiger partial charge < -0.3 is 16.0 Å². The number of unbranched alkanes of at least 4 members (excludes halogenated alkanes) is 1. The Balaban J connectivity index is 0.00000117. The Labute approximate surface area is 172 Å². The largest absolute Gasteiger partial charge is 0.382 e. The van der Waals surface area contributed by atoms with Gasteiger partial charge in [0.1, 0.15) is 11.3 Å². The standard InChI is InChI=1S/C22H25N5.C2H6/c1-2-3-8-19-26-20-21(17-6-4-5-7-18(17)25-22(20)24)27(19)14-16-11-9-15(13-23)10-12-16;1-2/h4-7,9-12H,2-3,8,13-14,23H2,1H3,(H2,24,25);1-2H3. The van der Waals surface area contributed by atoms with E-state index in [1.165, 1.54) is 5.56 Å². The van der Waals surface area contributed by atoms with Gasteiger partial charge in [-0.05, 0) is 23.6 Å². The number of aryl methyl sites for hydroxylation is 1. The van der Waals surface area contributed by atoms with Crippen molar-refractivity contribution in [2.75, 3.05) is 5.73 Å². The monoisotopic (exact) mass is 389 g/mol. The average molecular weight is 390 g/mol. The third-order valence-electron chi connectivity index (χ3n) is 5.04. The molecular weight excluding hydrogens is 358 g/mol. The number of aromatic nitrogens is 3. The van der Waals surface area contributed by atoms with E-state index < -0.39 is 0 Å². The van der Waals surface area contributed by atoms with Gasteiger partial charge in [-0.2, -0.15) is 0 Å². The molecule has 2 heterocycles. The Morgan fingerprint density at radius 2 is 1.62 bits per heavy atom. The Bertz CT molecular complexity index is 1080. The van der Waals surface area contributed by atoms with Gasteiger partial charge in [0, 0.05) is 24.9 Å². The lowest BCUT2D eigenvalue weighted by molar-refractivity contribution is 0.690. The summed E-state index contributed by atoms with van der Waals surface area (Å²) < 4.78 is 2.31. The molecular formula is C24H31N5. The molecule has 4 aromatic rings. The van der Waals surface area contributed by atoms with Crippen molar-refractivity contribution in [3.63, 3.8) is 0 Å². The first-order valence-corrected chi connectivity index (χ1v) is 10.5. The maximum Gasteiger partial charge on any atom is 0.152 e. The minimum absolute atomic E-state index is 0.499. The molecule has 0 aliphatic carbocycles. The summed E-state index contributed by atoms with van der Waals surface area (Å²) in [6, 6.07) is 16.6. The zero-order chi connectivity index (χ0) is 20.8. The second kappa shape index (κ2) is 9.52. The molecule has 0 saturated heterocycles. The number of para-hydroxylation sites is 1. The molecule has 0 unspecified atom stereocenters. The van der Waals surface area contributed by atoms with Crippen molar-refractivity contribution in [2.24, 2.45) is 5.73 Å².